The van der Waals surface area contributed by atoms with Gasteiger partial charge < -0.3 is 0 Å². The molecule has 0 fully saturated rings. The average Bonchev–Trinajstić information content (AvgIpc) is 0.722. The van der Waals surface area contributed by atoms with Crippen molar-refractivity contribution in [1.82, 2.24) is 0 Å². The van der Waals surface area contributed by atoms with Gasteiger partial charge in [-0.3, -0.25) is 0 Å². The molecule has 7 heteroatoms. The summed E-state index contributed by atoms with van der Waals surface area (Å²) in [6.07, 6.45) is 0. The average molecular weight is 219 g/mol. The summed E-state index contributed by atoms with van der Waals surface area (Å²) in [5, 5.41) is 0. The maximum Gasteiger partial charge on any atom is 1.00 e. The fourth-order valence-corrected chi connectivity index (χ4v) is 0. The maximum absolute atomic E-state index is 4.90. The molecule has 0 aromatic rings. The first-order chi connectivity index (χ1) is 2.00. The predicted molar refractivity (Wildman–Crippen MR) is 23.4 cm³/mol. The SMILES string of the molecule is [Cl][Cu-2]([Cl])([Cl])[Cl].[Li+].[Li+]. The predicted octanol–water partition coefficient (Wildman–Crippen LogP) is -3.24. The smallest absolute Gasteiger partial charge is 1.00 e. The molecular formula is Cl4CuLi2. The largest absolute Gasteiger partial charge is 1.00 e. The van der Waals surface area contributed by atoms with E-state index in [2.05, 4.69) is 0 Å². The number of hydrogen-bond acceptors (Lipinski definition) is 0. The molecule has 0 aliphatic rings. The first-order valence-electron chi connectivity index (χ1n) is 0.456. The van der Waals surface area contributed by atoms with E-state index in [4.69, 9.17) is 40.4 Å². The molecule has 0 N–H and O–H groups in total. The summed E-state index contributed by atoms with van der Waals surface area (Å²) in [4.78, 5) is 0. The van der Waals surface area contributed by atoms with Crippen LogP contribution in [0, 0.1) is 0 Å². The molecule has 0 aliphatic carbocycles. The minimum Gasteiger partial charge on any atom is 1.00 e. The van der Waals surface area contributed by atoms with Gasteiger partial charge in [0.1, 0.15) is 0 Å². The molecule has 0 rings (SSSR count). The first kappa shape index (κ1) is 16.5. The molecule has 0 aromatic carbocycles. The van der Waals surface area contributed by atoms with Gasteiger partial charge in [0.15, 0.2) is 0 Å². The van der Waals surface area contributed by atoms with E-state index >= 15 is 0 Å². The van der Waals surface area contributed by atoms with Crippen LogP contribution in [-0.4, -0.2) is 0 Å². The summed E-state index contributed by atoms with van der Waals surface area (Å²) >= 11 is 0. The van der Waals surface area contributed by atoms with Crippen LogP contribution < -0.4 is 37.7 Å². The molecule has 0 aromatic heterocycles. The van der Waals surface area contributed by atoms with Crippen LogP contribution in [0.25, 0.3) is 0 Å². The summed E-state index contributed by atoms with van der Waals surface area (Å²) in [6.45, 7) is 0. The van der Waals surface area contributed by atoms with Crippen molar-refractivity contribution in [1.29, 1.82) is 0 Å². The minimum atomic E-state index is -2.24. The molecule has 0 radical (unpaired) electrons. The van der Waals surface area contributed by atoms with Crippen LogP contribution in [0.4, 0.5) is 0 Å². The molecule has 0 atom stereocenters. The van der Waals surface area contributed by atoms with E-state index in [0.717, 1.165) is 0 Å². The topological polar surface area (TPSA) is 0 Å². The molecule has 0 bridgehead atoms. The van der Waals surface area contributed by atoms with Gasteiger partial charge in [-0.05, 0) is 0 Å². The zero-order valence-corrected chi connectivity index (χ0v) is 7.78. The van der Waals surface area contributed by atoms with Crippen LogP contribution >= 0.6 is 40.4 Å². The summed E-state index contributed by atoms with van der Waals surface area (Å²) in [6, 6.07) is 0. The Labute approximate surface area is 86.1 Å². The van der Waals surface area contributed by atoms with E-state index in [1.807, 2.05) is 0 Å². The van der Waals surface area contributed by atoms with Crippen molar-refractivity contribution in [3.63, 3.8) is 0 Å². The van der Waals surface area contributed by atoms with Crippen molar-refractivity contribution < 1.29 is 46.9 Å². The Hall–Kier alpha value is 2.87. The zero-order valence-electron chi connectivity index (χ0n) is 3.81. The summed E-state index contributed by atoms with van der Waals surface area (Å²) in [5.74, 6) is 0. The van der Waals surface area contributed by atoms with Crippen molar-refractivity contribution in [2.24, 2.45) is 0 Å². The summed E-state index contributed by atoms with van der Waals surface area (Å²) in [5.41, 5.74) is 0. The quantitative estimate of drug-likeness (QED) is 0.376. The molecule has 0 aliphatic heterocycles. The Morgan fingerprint density at radius 1 is 0.714 bits per heavy atom. The van der Waals surface area contributed by atoms with Crippen molar-refractivity contribution in [3.8, 4) is 0 Å². The van der Waals surface area contributed by atoms with E-state index in [1.54, 1.807) is 0 Å². The van der Waals surface area contributed by atoms with E-state index in [1.165, 1.54) is 0 Å². The van der Waals surface area contributed by atoms with Gasteiger partial charge in [-0.2, -0.15) is 0 Å². The second-order valence-electron chi connectivity index (χ2n) is 0.258. The van der Waals surface area contributed by atoms with E-state index in [-0.39, 0.29) is 37.7 Å². The van der Waals surface area contributed by atoms with Crippen LogP contribution in [0.1, 0.15) is 0 Å². The van der Waals surface area contributed by atoms with Gasteiger partial charge in [0, 0.05) is 0 Å². The Kier molecular flexibility index (Phi) is 16.4. The van der Waals surface area contributed by atoms with Crippen molar-refractivity contribution in [2.75, 3.05) is 0 Å². The molecule has 41 valence electrons. The Morgan fingerprint density at radius 3 is 0.714 bits per heavy atom. The third-order valence-electron chi connectivity index (χ3n) is 0. The van der Waals surface area contributed by atoms with Gasteiger partial charge in [0.05, 0.1) is 0 Å². The third-order valence-corrected chi connectivity index (χ3v) is 0. The molecule has 0 amide bonds. The van der Waals surface area contributed by atoms with Gasteiger partial charge in [-0.25, -0.2) is 0 Å². The van der Waals surface area contributed by atoms with Crippen LogP contribution in [0.15, 0.2) is 0 Å². The number of rotatable bonds is 0. The van der Waals surface area contributed by atoms with Gasteiger partial charge in [-0.1, -0.05) is 0 Å². The molecule has 7 heavy (non-hydrogen) atoms. The van der Waals surface area contributed by atoms with Crippen molar-refractivity contribution >= 4 is 40.4 Å². The molecule has 0 nitrogen and oxygen atoms in total. The Balaban J connectivity index is -0.0000000800. The second kappa shape index (κ2) is 6.99. The van der Waals surface area contributed by atoms with Gasteiger partial charge in [0.25, 0.3) is 0 Å². The van der Waals surface area contributed by atoms with Crippen LogP contribution in [-0.2, 0) is 9.20 Å². The molecule has 0 saturated carbocycles. The normalized spacial score (nSPS) is 10.9. The van der Waals surface area contributed by atoms with Gasteiger partial charge in [0.2, 0.25) is 0 Å². The fourth-order valence-electron chi connectivity index (χ4n) is 0. The van der Waals surface area contributed by atoms with Crippen molar-refractivity contribution in [3.05, 3.63) is 0 Å². The standard InChI is InChI=1S/4ClH.Cu.2Li/h4*1H;;;/q;;;;+2;2*+1/p-4. The van der Waals surface area contributed by atoms with Crippen LogP contribution in [0.2, 0.25) is 0 Å². The Morgan fingerprint density at radius 2 is 0.714 bits per heavy atom. The molecule has 0 saturated heterocycles. The minimum absolute atomic E-state index is 0. The maximum atomic E-state index is 4.90. The van der Waals surface area contributed by atoms with Crippen LogP contribution in [0.5, 0.6) is 0 Å². The van der Waals surface area contributed by atoms with E-state index in [9.17, 15) is 0 Å². The number of halogens is 4. The summed E-state index contributed by atoms with van der Waals surface area (Å²) in [7, 11) is 17.4. The zero-order chi connectivity index (χ0) is 4.50. The Bertz CT molecular complexity index is 25.2. The van der Waals surface area contributed by atoms with E-state index < -0.39 is 9.20 Å². The third kappa shape index (κ3) is 50.8. The fraction of sp³-hybridized carbons (Fsp3) is 0. The number of hydrogen-bond donors (Lipinski definition) is 0. The second-order valence-corrected chi connectivity index (χ2v) is 9.59. The molecule has 0 unspecified atom stereocenters. The summed E-state index contributed by atoms with van der Waals surface area (Å²) < 4.78 is 0. The molecule has 0 spiro atoms. The van der Waals surface area contributed by atoms with Crippen LogP contribution in [0.3, 0.4) is 0 Å². The van der Waals surface area contributed by atoms with Gasteiger partial charge in [-0.15, -0.1) is 0 Å². The van der Waals surface area contributed by atoms with Crippen molar-refractivity contribution in [2.45, 2.75) is 0 Å². The van der Waals surface area contributed by atoms with Gasteiger partial charge >= 0.3 is 87.3 Å². The molecule has 0 heterocycles. The first-order valence-corrected chi connectivity index (χ1v) is 5.64. The molecular weight excluding hydrogens is 219 g/mol. The van der Waals surface area contributed by atoms with E-state index in [0.29, 0.717) is 0 Å². The monoisotopic (exact) mass is 217 g/mol.